The van der Waals surface area contributed by atoms with Crippen LogP contribution in [0.3, 0.4) is 0 Å². The van der Waals surface area contributed by atoms with Crippen molar-refractivity contribution in [3.63, 3.8) is 0 Å². The molecule has 2 atom stereocenters. The third-order valence-corrected chi connectivity index (χ3v) is 5.84. The first-order valence-corrected chi connectivity index (χ1v) is 9.31. The third kappa shape index (κ3) is 2.11. The van der Waals surface area contributed by atoms with Crippen LogP contribution in [0.4, 0.5) is 5.95 Å². The maximum absolute atomic E-state index is 4.83. The summed E-state index contributed by atoms with van der Waals surface area (Å²) in [7, 11) is 0. The van der Waals surface area contributed by atoms with Gasteiger partial charge in [-0.05, 0) is 50.7 Å². The molecular formula is C22H17N5. The first-order chi connectivity index (χ1) is 13.4. The normalized spacial score (nSPS) is 20.5. The van der Waals surface area contributed by atoms with Crippen LogP contribution in [0.5, 0.6) is 0 Å². The van der Waals surface area contributed by atoms with Crippen molar-refractivity contribution in [2.75, 3.05) is 0 Å². The zero-order valence-electron chi connectivity index (χ0n) is 14.7. The minimum Gasteiger partial charge on any atom is -0.219 e. The molecule has 5 heteroatoms. The highest BCUT2D eigenvalue weighted by Crippen LogP contribution is 2.46. The number of fused-ring (bicyclic) bond motifs is 5. The van der Waals surface area contributed by atoms with Crippen molar-refractivity contribution < 1.29 is 0 Å². The third-order valence-electron chi connectivity index (χ3n) is 5.84. The Kier molecular flexibility index (Phi) is 3.06. The van der Waals surface area contributed by atoms with Crippen LogP contribution in [0.2, 0.25) is 0 Å². The second kappa shape index (κ2) is 5.58. The number of rotatable bonds is 1. The Morgan fingerprint density at radius 2 is 1.63 bits per heavy atom. The fourth-order valence-electron chi connectivity index (χ4n) is 4.67. The zero-order valence-corrected chi connectivity index (χ0v) is 14.7. The van der Waals surface area contributed by atoms with Crippen molar-refractivity contribution >= 4 is 22.4 Å². The summed E-state index contributed by atoms with van der Waals surface area (Å²) < 4.78 is 1.90. The van der Waals surface area contributed by atoms with E-state index in [4.69, 9.17) is 4.99 Å². The van der Waals surface area contributed by atoms with Gasteiger partial charge in [0.05, 0.1) is 6.04 Å². The highest BCUT2D eigenvalue weighted by Gasteiger charge is 2.40. The Bertz CT molecular complexity index is 1200. The number of benzene rings is 3. The Morgan fingerprint density at radius 1 is 0.815 bits per heavy atom. The van der Waals surface area contributed by atoms with E-state index >= 15 is 0 Å². The molecule has 0 radical (unpaired) electrons. The average Bonchev–Trinajstić information content (AvgIpc) is 3.20. The molecule has 0 saturated carbocycles. The number of hydrogen-bond acceptors (Lipinski definition) is 4. The summed E-state index contributed by atoms with van der Waals surface area (Å²) in [6.45, 7) is 0. The number of tetrazole rings is 1. The summed E-state index contributed by atoms with van der Waals surface area (Å²) >= 11 is 0. The summed E-state index contributed by atoms with van der Waals surface area (Å²) in [6.07, 6.45) is 1.98. The highest BCUT2D eigenvalue weighted by molar-refractivity contribution is 5.97. The molecule has 3 aromatic carbocycles. The van der Waals surface area contributed by atoms with Gasteiger partial charge in [0, 0.05) is 11.6 Å². The molecule has 2 aliphatic rings. The Labute approximate surface area is 156 Å². The topological polar surface area (TPSA) is 56.0 Å². The fourth-order valence-corrected chi connectivity index (χ4v) is 4.67. The molecule has 1 aliphatic carbocycles. The summed E-state index contributed by atoms with van der Waals surface area (Å²) in [5.74, 6) is 0.773. The summed E-state index contributed by atoms with van der Waals surface area (Å²) in [5, 5.41) is 14.9. The highest BCUT2D eigenvalue weighted by atomic mass is 15.6. The number of aryl methyl sites for hydroxylation is 1. The quantitative estimate of drug-likeness (QED) is 0.516. The minimum absolute atomic E-state index is 0.00931. The molecule has 5 nitrogen and oxygen atoms in total. The van der Waals surface area contributed by atoms with Gasteiger partial charge >= 0.3 is 0 Å². The molecular weight excluding hydrogens is 334 g/mol. The van der Waals surface area contributed by atoms with Crippen LogP contribution in [0.15, 0.2) is 71.7 Å². The van der Waals surface area contributed by atoms with Crippen LogP contribution in [0.25, 0.3) is 10.8 Å². The van der Waals surface area contributed by atoms with Gasteiger partial charge in [-0.2, -0.15) is 0 Å². The molecule has 0 bridgehead atoms. The van der Waals surface area contributed by atoms with E-state index in [-0.39, 0.29) is 12.0 Å². The standard InChI is InChI=1S/C22H17N5/c1-3-9-16-14(6-1)8-5-11-18(16)21-20-17-10-4-2-7-15(17)12-13-19(20)23-22-24-25-26-27(21)22/h1-11,20-21H,12-13H2. The van der Waals surface area contributed by atoms with Gasteiger partial charge in [-0.1, -0.05) is 71.8 Å². The van der Waals surface area contributed by atoms with Crippen molar-refractivity contribution in [2.45, 2.75) is 24.8 Å². The lowest BCUT2D eigenvalue weighted by molar-refractivity contribution is 0.467. The van der Waals surface area contributed by atoms with Crippen molar-refractivity contribution in [1.82, 2.24) is 20.2 Å². The van der Waals surface area contributed by atoms with Gasteiger partial charge in [0.15, 0.2) is 0 Å². The molecule has 1 aliphatic heterocycles. The molecule has 0 saturated heterocycles. The Hall–Kier alpha value is -3.34. The van der Waals surface area contributed by atoms with E-state index in [1.54, 1.807) is 0 Å². The molecule has 1 aromatic heterocycles. The van der Waals surface area contributed by atoms with Crippen LogP contribution < -0.4 is 0 Å². The molecule has 27 heavy (non-hydrogen) atoms. The van der Waals surface area contributed by atoms with E-state index in [1.165, 1.54) is 33.2 Å². The van der Waals surface area contributed by atoms with E-state index in [0.29, 0.717) is 5.95 Å². The smallest absolute Gasteiger partial charge is 0.219 e. The molecule has 0 N–H and O–H groups in total. The Balaban J connectivity index is 1.66. The number of nitrogens with zero attached hydrogens (tertiary/aromatic N) is 5. The summed E-state index contributed by atoms with van der Waals surface area (Å²) in [4.78, 5) is 4.83. The molecule has 0 amide bonds. The maximum Gasteiger partial charge on any atom is 0.269 e. The molecule has 2 heterocycles. The zero-order chi connectivity index (χ0) is 17.8. The Morgan fingerprint density at radius 3 is 2.63 bits per heavy atom. The van der Waals surface area contributed by atoms with Crippen LogP contribution >= 0.6 is 0 Å². The molecule has 0 spiro atoms. The second-order valence-corrected chi connectivity index (χ2v) is 7.22. The van der Waals surface area contributed by atoms with Crippen LogP contribution in [0, 0.1) is 0 Å². The first-order valence-electron chi connectivity index (χ1n) is 9.31. The predicted octanol–water partition coefficient (Wildman–Crippen LogP) is 4.23. The van der Waals surface area contributed by atoms with Gasteiger partial charge in [0.25, 0.3) is 5.95 Å². The summed E-state index contributed by atoms with van der Waals surface area (Å²) in [5.41, 5.74) is 5.19. The second-order valence-electron chi connectivity index (χ2n) is 7.22. The van der Waals surface area contributed by atoms with Gasteiger partial charge in [-0.15, -0.1) is 0 Å². The van der Waals surface area contributed by atoms with Gasteiger partial charge in [0.2, 0.25) is 0 Å². The van der Waals surface area contributed by atoms with Crippen molar-refractivity contribution in [2.24, 2.45) is 4.99 Å². The number of aromatic nitrogens is 4. The first kappa shape index (κ1) is 14.8. The number of hydrogen-bond donors (Lipinski definition) is 0. The molecule has 4 aromatic rings. The van der Waals surface area contributed by atoms with Crippen molar-refractivity contribution in [3.8, 4) is 0 Å². The maximum atomic E-state index is 4.83. The summed E-state index contributed by atoms with van der Waals surface area (Å²) in [6, 6.07) is 23.7. The molecule has 2 unspecified atom stereocenters. The number of aliphatic imine (C=N–C) groups is 1. The lowest BCUT2D eigenvalue weighted by Gasteiger charge is -2.36. The molecule has 6 rings (SSSR count). The molecule has 130 valence electrons. The fraction of sp³-hybridized carbons (Fsp3) is 0.182. The van der Waals surface area contributed by atoms with E-state index < -0.39 is 0 Å². The lowest BCUT2D eigenvalue weighted by atomic mass is 9.74. The van der Waals surface area contributed by atoms with E-state index in [9.17, 15) is 0 Å². The average molecular weight is 351 g/mol. The SMILES string of the molecule is c1ccc2c(c1)CCC1=Nc3nnnn3C(c3cccc4ccccc34)C12. The lowest BCUT2D eigenvalue weighted by Crippen LogP contribution is -2.33. The van der Waals surface area contributed by atoms with Gasteiger partial charge < -0.3 is 0 Å². The van der Waals surface area contributed by atoms with E-state index in [1.807, 2.05) is 4.68 Å². The van der Waals surface area contributed by atoms with Gasteiger partial charge in [0.1, 0.15) is 0 Å². The van der Waals surface area contributed by atoms with E-state index in [2.05, 4.69) is 82.3 Å². The van der Waals surface area contributed by atoms with Gasteiger partial charge in [-0.25, -0.2) is 9.67 Å². The van der Waals surface area contributed by atoms with E-state index in [0.717, 1.165) is 12.8 Å². The van der Waals surface area contributed by atoms with Crippen LogP contribution in [-0.4, -0.2) is 25.9 Å². The van der Waals surface area contributed by atoms with Crippen molar-refractivity contribution in [1.29, 1.82) is 0 Å². The molecule has 0 fully saturated rings. The minimum atomic E-state index is 0.00931. The monoisotopic (exact) mass is 351 g/mol. The predicted molar refractivity (Wildman–Crippen MR) is 105 cm³/mol. The van der Waals surface area contributed by atoms with Crippen LogP contribution in [0.1, 0.15) is 35.1 Å². The largest absolute Gasteiger partial charge is 0.269 e. The van der Waals surface area contributed by atoms with Gasteiger partial charge in [-0.3, -0.25) is 0 Å². The van der Waals surface area contributed by atoms with Crippen LogP contribution in [-0.2, 0) is 6.42 Å². The van der Waals surface area contributed by atoms with Crippen molar-refractivity contribution in [3.05, 3.63) is 83.4 Å².